The second kappa shape index (κ2) is 11.1. The first-order valence-corrected chi connectivity index (χ1v) is 11.1. The molecule has 144 valence electrons. The fraction of sp³-hybridized carbons (Fsp3) is 0.462. The van der Waals surface area contributed by atoms with Gasteiger partial charge in [0.1, 0.15) is 0 Å². The number of aryl methyl sites for hydroxylation is 1. The Bertz CT molecular complexity index is 821. The number of benzene rings is 3. The van der Waals surface area contributed by atoms with Crippen LogP contribution in [-0.2, 0) is 6.42 Å². The van der Waals surface area contributed by atoms with Gasteiger partial charge in [-0.3, -0.25) is 0 Å². The van der Waals surface area contributed by atoms with E-state index in [4.69, 9.17) is 0 Å². The Labute approximate surface area is 165 Å². The van der Waals surface area contributed by atoms with Gasteiger partial charge in [-0.2, -0.15) is 0 Å². The molecule has 0 bridgehead atoms. The van der Waals surface area contributed by atoms with Crippen LogP contribution in [0.2, 0.25) is 0 Å². The minimum Gasteiger partial charge on any atom is -0.358 e. The molecule has 0 atom stereocenters. The molecule has 0 heterocycles. The molecule has 0 radical (unpaired) electrons. The molecular weight excluding hydrogens is 326 g/mol. The molecule has 3 aromatic rings. The molecule has 1 nitrogen and oxygen atoms in total. The van der Waals surface area contributed by atoms with Crippen molar-refractivity contribution in [3.8, 4) is 0 Å². The van der Waals surface area contributed by atoms with E-state index in [0.717, 1.165) is 6.54 Å². The van der Waals surface area contributed by atoms with Crippen LogP contribution in [0.15, 0.2) is 54.6 Å². The normalized spacial score (nSPS) is 11.4. The van der Waals surface area contributed by atoms with Gasteiger partial charge in [0.15, 0.2) is 0 Å². The van der Waals surface area contributed by atoms with Gasteiger partial charge < -0.3 is 5.73 Å². The average molecular weight is 363 g/mol. The molecule has 3 N–H and O–H groups in total. The van der Waals surface area contributed by atoms with Gasteiger partial charge in [-0.15, -0.1) is 0 Å². The van der Waals surface area contributed by atoms with Crippen molar-refractivity contribution in [1.29, 1.82) is 0 Å². The molecule has 27 heavy (non-hydrogen) atoms. The summed E-state index contributed by atoms with van der Waals surface area (Å²) in [4.78, 5) is 0. The lowest BCUT2D eigenvalue weighted by Crippen LogP contribution is -2.50. The topological polar surface area (TPSA) is 27.6 Å². The number of unbranched alkanes of at least 4 members (excludes halogenated alkanes) is 9. The summed E-state index contributed by atoms with van der Waals surface area (Å²) in [7, 11) is 0. The number of hydrogen-bond acceptors (Lipinski definition) is 0. The Morgan fingerprint density at radius 3 is 1.70 bits per heavy atom. The van der Waals surface area contributed by atoms with Crippen LogP contribution in [0.1, 0.15) is 69.8 Å². The van der Waals surface area contributed by atoms with Crippen LogP contribution in [0.4, 0.5) is 0 Å². The standard InChI is InChI=1S/C26H35N/c27-20-14-8-6-4-2-1-3-5-7-9-15-22-21-23-16-10-11-17-24(23)26-19-13-12-18-25(22)26/h10-13,16-19,21H,1-9,14-15,20,27H2/p+1. The zero-order valence-electron chi connectivity index (χ0n) is 16.9. The molecule has 0 saturated carbocycles. The fourth-order valence-electron chi connectivity index (χ4n) is 4.24. The molecule has 0 unspecified atom stereocenters. The Hall–Kier alpha value is -1.86. The molecule has 0 aliphatic heterocycles. The maximum atomic E-state index is 3.91. The summed E-state index contributed by atoms with van der Waals surface area (Å²) in [5.74, 6) is 0. The van der Waals surface area contributed by atoms with Gasteiger partial charge in [0.25, 0.3) is 0 Å². The third-order valence-corrected chi connectivity index (χ3v) is 5.80. The van der Waals surface area contributed by atoms with E-state index >= 15 is 0 Å². The minimum atomic E-state index is 1.10. The summed E-state index contributed by atoms with van der Waals surface area (Å²) in [6.45, 7) is 1.10. The average Bonchev–Trinajstić information content (AvgIpc) is 2.72. The minimum absolute atomic E-state index is 1.10. The van der Waals surface area contributed by atoms with Gasteiger partial charge in [-0.25, -0.2) is 0 Å². The summed E-state index contributed by atoms with van der Waals surface area (Å²) >= 11 is 0. The van der Waals surface area contributed by atoms with E-state index in [1.165, 1.54) is 97.7 Å². The molecule has 0 amide bonds. The maximum absolute atomic E-state index is 3.91. The van der Waals surface area contributed by atoms with Crippen molar-refractivity contribution in [1.82, 2.24) is 0 Å². The largest absolute Gasteiger partial charge is 0.358 e. The second-order valence-electron chi connectivity index (χ2n) is 7.94. The van der Waals surface area contributed by atoms with Crippen LogP contribution < -0.4 is 5.73 Å². The molecule has 0 fully saturated rings. The molecule has 0 saturated heterocycles. The lowest BCUT2D eigenvalue weighted by molar-refractivity contribution is -0.368. The predicted octanol–water partition coefficient (Wildman–Crippen LogP) is 6.68. The molecule has 0 aromatic heterocycles. The molecule has 0 aliphatic rings. The van der Waals surface area contributed by atoms with Gasteiger partial charge in [0.2, 0.25) is 0 Å². The zero-order valence-corrected chi connectivity index (χ0v) is 16.9. The Morgan fingerprint density at radius 2 is 1.04 bits per heavy atom. The van der Waals surface area contributed by atoms with Crippen molar-refractivity contribution in [3.63, 3.8) is 0 Å². The summed E-state index contributed by atoms with van der Waals surface area (Å²) in [6.07, 6.45) is 15.0. The van der Waals surface area contributed by atoms with E-state index in [1.807, 2.05) is 0 Å². The van der Waals surface area contributed by atoms with Crippen molar-refractivity contribution < 1.29 is 5.73 Å². The third-order valence-electron chi connectivity index (χ3n) is 5.80. The quantitative estimate of drug-likeness (QED) is 0.275. The first kappa shape index (κ1) is 19.9. The molecular formula is C26H36N+. The van der Waals surface area contributed by atoms with Crippen LogP contribution in [-0.4, -0.2) is 6.54 Å². The summed E-state index contributed by atoms with van der Waals surface area (Å²) < 4.78 is 0. The third kappa shape index (κ3) is 5.81. The molecule has 3 rings (SSSR count). The monoisotopic (exact) mass is 362 g/mol. The fourth-order valence-corrected chi connectivity index (χ4v) is 4.24. The van der Waals surface area contributed by atoms with Crippen LogP contribution in [0, 0.1) is 0 Å². The van der Waals surface area contributed by atoms with Gasteiger partial charge in [0, 0.05) is 0 Å². The van der Waals surface area contributed by atoms with E-state index in [-0.39, 0.29) is 0 Å². The lowest BCUT2D eigenvalue weighted by atomic mass is 9.94. The summed E-state index contributed by atoms with van der Waals surface area (Å²) in [5.41, 5.74) is 5.44. The highest BCUT2D eigenvalue weighted by molar-refractivity contribution is 6.08. The highest BCUT2D eigenvalue weighted by Crippen LogP contribution is 2.29. The van der Waals surface area contributed by atoms with Crippen LogP contribution in [0.3, 0.4) is 0 Å². The summed E-state index contributed by atoms with van der Waals surface area (Å²) in [5, 5.41) is 5.61. The number of quaternary nitrogens is 1. The maximum Gasteiger partial charge on any atom is 0.0739 e. The predicted molar refractivity (Wildman–Crippen MR) is 119 cm³/mol. The second-order valence-corrected chi connectivity index (χ2v) is 7.94. The van der Waals surface area contributed by atoms with Gasteiger partial charge in [-0.1, -0.05) is 99.5 Å². The molecule has 0 spiro atoms. The van der Waals surface area contributed by atoms with Gasteiger partial charge >= 0.3 is 0 Å². The van der Waals surface area contributed by atoms with Crippen molar-refractivity contribution in [3.05, 3.63) is 60.2 Å². The smallest absolute Gasteiger partial charge is 0.0739 e. The Morgan fingerprint density at radius 1 is 0.519 bits per heavy atom. The highest BCUT2D eigenvalue weighted by atomic mass is 14.5. The lowest BCUT2D eigenvalue weighted by Gasteiger charge is -2.10. The number of rotatable bonds is 12. The van der Waals surface area contributed by atoms with Gasteiger partial charge in [-0.05, 0) is 52.8 Å². The Balaban J connectivity index is 1.44. The van der Waals surface area contributed by atoms with Crippen molar-refractivity contribution >= 4 is 21.5 Å². The van der Waals surface area contributed by atoms with Gasteiger partial charge in [0.05, 0.1) is 6.54 Å². The number of hydrogen-bond donors (Lipinski definition) is 1. The van der Waals surface area contributed by atoms with E-state index in [1.54, 1.807) is 0 Å². The van der Waals surface area contributed by atoms with Crippen molar-refractivity contribution in [2.75, 3.05) is 6.54 Å². The Kier molecular flexibility index (Phi) is 8.17. The molecule has 1 heteroatoms. The first-order valence-electron chi connectivity index (χ1n) is 11.1. The van der Waals surface area contributed by atoms with E-state index < -0.39 is 0 Å². The van der Waals surface area contributed by atoms with Crippen LogP contribution >= 0.6 is 0 Å². The van der Waals surface area contributed by atoms with E-state index in [0.29, 0.717) is 0 Å². The molecule has 3 aromatic carbocycles. The summed E-state index contributed by atoms with van der Waals surface area (Å²) in [6, 6.07) is 20.1. The van der Waals surface area contributed by atoms with Crippen LogP contribution in [0.25, 0.3) is 21.5 Å². The molecule has 0 aliphatic carbocycles. The van der Waals surface area contributed by atoms with E-state index in [2.05, 4.69) is 60.3 Å². The van der Waals surface area contributed by atoms with Crippen molar-refractivity contribution in [2.24, 2.45) is 0 Å². The van der Waals surface area contributed by atoms with Crippen LogP contribution in [0.5, 0.6) is 0 Å². The zero-order chi connectivity index (χ0) is 18.7. The van der Waals surface area contributed by atoms with E-state index in [9.17, 15) is 0 Å². The number of fused-ring (bicyclic) bond motifs is 3. The van der Waals surface area contributed by atoms with Crippen molar-refractivity contribution in [2.45, 2.75) is 70.6 Å². The highest BCUT2D eigenvalue weighted by Gasteiger charge is 2.06. The SMILES string of the molecule is [NH3+]CCCCCCCCCCCCc1cc2ccccc2c2ccccc12. The first-order chi connectivity index (χ1) is 13.4.